The quantitative estimate of drug-likeness (QED) is 0.219. The number of rotatable bonds is 15. The molecule has 0 aromatic heterocycles. The van der Waals surface area contributed by atoms with Crippen molar-refractivity contribution in [2.24, 2.45) is 0 Å². The highest BCUT2D eigenvalue weighted by Gasteiger charge is 2.37. The Hall–Kier alpha value is -3.88. The summed E-state index contributed by atoms with van der Waals surface area (Å²) in [5.74, 6) is -1.52. The molecule has 2 N–H and O–H groups in total. The fraction of sp³-hybridized carbons (Fsp3) is 0.515. The Morgan fingerprint density at radius 1 is 0.905 bits per heavy atom. The van der Waals surface area contributed by atoms with Crippen molar-refractivity contribution in [1.29, 1.82) is 0 Å². The van der Waals surface area contributed by atoms with Crippen LogP contribution in [0.3, 0.4) is 0 Å². The molecule has 230 valence electrons. The van der Waals surface area contributed by atoms with Crippen LogP contribution in [0, 0.1) is 6.92 Å². The van der Waals surface area contributed by atoms with E-state index in [-0.39, 0.29) is 19.5 Å². The summed E-state index contributed by atoms with van der Waals surface area (Å²) in [6.45, 7) is 9.22. The molecule has 2 rings (SSSR count). The van der Waals surface area contributed by atoms with Crippen LogP contribution in [0.25, 0.3) is 0 Å². The third-order valence-corrected chi connectivity index (χ3v) is 6.74. The van der Waals surface area contributed by atoms with E-state index in [1.807, 2.05) is 61.5 Å². The van der Waals surface area contributed by atoms with E-state index in [2.05, 4.69) is 17.6 Å². The molecule has 0 radical (unpaired) electrons. The van der Waals surface area contributed by atoms with E-state index in [1.165, 1.54) is 12.0 Å². The largest absolute Gasteiger partial charge is 0.468 e. The summed E-state index contributed by atoms with van der Waals surface area (Å²) in [6, 6.07) is 14.7. The first kappa shape index (κ1) is 34.3. The molecular weight excluding hydrogens is 534 g/mol. The zero-order valence-electron chi connectivity index (χ0n) is 25.9. The number of carbonyl (C=O) groups excluding carboxylic acids is 4. The van der Waals surface area contributed by atoms with Gasteiger partial charge >= 0.3 is 12.1 Å². The van der Waals surface area contributed by atoms with E-state index < -0.39 is 41.6 Å². The second-order valence-electron chi connectivity index (χ2n) is 11.4. The number of amides is 3. The van der Waals surface area contributed by atoms with Gasteiger partial charge in [0.25, 0.3) is 0 Å². The number of esters is 1. The minimum absolute atomic E-state index is 0.204. The van der Waals surface area contributed by atoms with Gasteiger partial charge in [-0.25, -0.2) is 4.79 Å². The van der Waals surface area contributed by atoms with Gasteiger partial charge in [-0.3, -0.25) is 14.4 Å². The fourth-order valence-corrected chi connectivity index (χ4v) is 4.62. The second kappa shape index (κ2) is 17.2. The monoisotopic (exact) mass is 581 g/mol. The van der Waals surface area contributed by atoms with Crippen molar-refractivity contribution in [1.82, 2.24) is 15.5 Å². The van der Waals surface area contributed by atoms with Crippen LogP contribution in [0.2, 0.25) is 0 Å². The predicted octanol–water partition coefficient (Wildman–Crippen LogP) is 5.26. The van der Waals surface area contributed by atoms with Crippen LogP contribution in [-0.2, 0) is 30.3 Å². The summed E-state index contributed by atoms with van der Waals surface area (Å²) >= 11 is 0. The summed E-state index contributed by atoms with van der Waals surface area (Å²) in [4.78, 5) is 54.6. The van der Waals surface area contributed by atoms with Gasteiger partial charge in [0.15, 0.2) is 0 Å². The number of hydrogen-bond acceptors (Lipinski definition) is 6. The number of ether oxygens (including phenoxy) is 2. The molecule has 0 bridgehead atoms. The maximum Gasteiger partial charge on any atom is 0.408 e. The molecule has 9 heteroatoms. The summed E-state index contributed by atoms with van der Waals surface area (Å²) in [6.07, 6.45) is 4.19. The first-order chi connectivity index (χ1) is 20.0. The van der Waals surface area contributed by atoms with Crippen molar-refractivity contribution >= 4 is 23.9 Å². The smallest absolute Gasteiger partial charge is 0.408 e. The lowest BCUT2D eigenvalue weighted by Gasteiger charge is -2.35. The normalized spacial score (nSPS) is 12.5. The predicted molar refractivity (Wildman–Crippen MR) is 163 cm³/mol. The molecule has 42 heavy (non-hydrogen) atoms. The van der Waals surface area contributed by atoms with Crippen LogP contribution in [0.5, 0.6) is 0 Å². The van der Waals surface area contributed by atoms with E-state index in [0.717, 1.165) is 36.8 Å². The van der Waals surface area contributed by atoms with E-state index in [0.29, 0.717) is 12.0 Å². The van der Waals surface area contributed by atoms with Gasteiger partial charge in [-0.1, -0.05) is 87.2 Å². The van der Waals surface area contributed by atoms with Gasteiger partial charge in [-0.2, -0.15) is 0 Å². The Morgan fingerprint density at radius 2 is 1.55 bits per heavy atom. The van der Waals surface area contributed by atoms with Crippen LogP contribution in [0.4, 0.5) is 4.79 Å². The van der Waals surface area contributed by atoms with Gasteiger partial charge in [0.1, 0.15) is 24.2 Å². The maximum atomic E-state index is 14.5. The fourth-order valence-electron chi connectivity index (χ4n) is 4.62. The number of unbranched alkanes of at least 4 members (excludes halogenated alkanes) is 4. The molecule has 0 aliphatic rings. The molecular formula is C33H47N3O6. The van der Waals surface area contributed by atoms with Crippen molar-refractivity contribution in [3.63, 3.8) is 0 Å². The van der Waals surface area contributed by atoms with Crippen molar-refractivity contribution in [3.8, 4) is 0 Å². The molecule has 2 aromatic rings. The first-order valence-corrected chi connectivity index (χ1v) is 14.7. The van der Waals surface area contributed by atoms with Crippen molar-refractivity contribution in [3.05, 3.63) is 71.3 Å². The van der Waals surface area contributed by atoms with Crippen LogP contribution in [-0.4, -0.2) is 60.6 Å². The zero-order chi connectivity index (χ0) is 31.1. The Morgan fingerprint density at radius 3 is 2.17 bits per heavy atom. The highest BCUT2D eigenvalue weighted by Crippen LogP contribution is 2.27. The van der Waals surface area contributed by atoms with Gasteiger partial charge < -0.3 is 25.0 Å². The molecule has 0 heterocycles. The lowest BCUT2D eigenvalue weighted by molar-refractivity contribution is -0.144. The first-order valence-electron chi connectivity index (χ1n) is 14.7. The molecule has 0 aliphatic carbocycles. The number of methoxy groups -OCH3 is 1. The van der Waals surface area contributed by atoms with Crippen LogP contribution in [0.15, 0.2) is 54.6 Å². The summed E-state index contributed by atoms with van der Waals surface area (Å²) in [5, 5.41) is 5.42. The van der Waals surface area contributed by atoms with Crippen LogP contribution >= 0.6 is 0 Å². The van der Waals surface area contributed by atoms with Crippen molar-refractivity contribution in [2.75, 3.05) is 20.2 Å². The number of hydrogen-bond donors (Lipinski definition) is 2. The minimum Gasteiger partial charge on any atom is -0.468 e. The summed E-state index contributed by atoms with van der Waals surface area (Å²) in [7, 11) is 1.25. The SMILES string of the molecule is CCCCCCCN(C(=O)C(Cc1ccccc1)NC(=O)OC(C)(C)C)C(C(=O)NCC(=O)OC)c1ccccc1C. The standard InChI is InChI=1S/C33H47N3O6/c1-7-8-9-10-16-21-36(29(26-20-15-14-17-24(26)2)30(38)34-23-28(37)41-6)31(39)27(22-25-18-12-11-13-19-25)35-32(40)42-33(3,4)5/h11-15,17-20,27,29H,7-10,16,21-23H2,1-6H3,(H,34,38)(H,35,40). The third kappa shape index (κ3) is 11.5. The molecule has 2 unspecified atom stereocenters. The number of benzene rings is 2. The summed E-state index contributed by atoms with van der Waals surface area (Å²) < 4.78 is 10.2. The highest BCUT2D eigenvalue weighted by molar-refractivity contribution is 5.93. The lowest BCUT2D eigenvalue weighted by atomic mass is 9.96. The van der Waals surface area contributed by atoms with Gasteiger partial charge in [-0.05, 0) is 50.8 Å². The molecule has 0 aliphatic heterocycles. The van der Waals surface area contributed by atoms with Crippen molar-refractivity contribution < 1.29 is 28.7 Å². The molecule has 0 spiro atoms. The van der Waals surface area contributed by atoms with Crippen molar-refractivity contribution in [2.45, 2.75) is 90.8 Å². The average Bonchev–Trinajstić information content (AvgIpc) is 2.94. The zero-order valence-corrected chi connectivity index (χ0v) is 25.9. The Bertz CT molecular complexity index is 1160. The van der Waals surface area contributed by atoms with E-state index in [1.54, 1.807) is 20.8 Å². The van der Waals surface area contributed by atoms with Crippen LogP contribution in [0.1, 0.15) is 82.5 Å². The molecule has 0 saturated carbocycles. The molecule has 3 amide bonds. The van der Waals surface area contributed by atoms with E-state index in [9.17, 15) is 19.2 Å². The topological polar surface area (TPSA) is 114 Å². The number of nitrogens with one attached hydrogen (secondary N) is 2. The molecule has 9 nitrogen and oxygen atoms in total. The Labute approximate surface area is 250 Å². The maximum absolute atomic E-state index is 14.5. The van der Waals surface area contributed by atoms with Gasteiger partial charge in [0.2, 0.25) is 11.8 Å². The lowest BCUT2D eigenvalue weighted by Crippen LogP contribution is -2.54. The number of nitrogens with zero attached hydrogens (tertiary/aromatic N) is 1. The average molecular weight is 582 g/mol. The molecule has 2 atom stereocenters. The second-order valence-corrected chi connectivity index (χ2v) is 11.4. The number of alkyl carbamates (subject to hydrolysis) is 1. The van der Waals surface area contributed by atoms with E-state index in [4.69, 9.17) is 9.47 Å². The van der Waals surface area contributed by atoms with E-state index >= 15 is 0 Å². The minimum atomic E-state index is -1.03. The van der Waals surface area contributed by atoms with Gasteiger partial charge in [-0.15, -0.1) is 0 Å². The van der Waals surface area contributed by atoms with Gasteiger partial charge in [0, 0.05) is 13.0 Å². The van der Waals surface area contributed by atoms with Crippen LogP contribution < -0.4 is 10.6 Å². The molecule has 0 fully saturated rings. The number of aryl methyl sites for hydroxylation is 1. The molecule has 0 saturated heterocycles. The third-order valence-electron chi connectivity index (χ3n) is 6.74. The Balaban J connectivity index is 2.54. The molecule has 2 aromatic carbocycles. The number of carbonyl (C=O) groups is 4. The summed E-state index contributed by atoms with van der Waals surface area (Å²) in [5.41, 5.74) is 1.54. The Kier molecular flexibility index (Phi) is 14.0. The highest BCUT2D eigenvalue weighted by atomic mass is 16.6. The van der Waals surface area contributed by atoms with Gasteiger partial charge in [0.05, 0.1) is 7.11 Å².